The van der Waals surface area contributed by atoms with Gasteiger partial charge in [0.25, 0.3) is 0 Å². The van der Waals surface area contributed by atoms with Crippen molar-refractivity contribution in [2.45, 2.75) is 44.2 Å². The lowest BCUT2D eigenvalue weighted by Crippen LogP contribution is -2.52. The third-order valence-electron chi connectivity index (χ3n) is 4.22. The Kier molecular flexibility index (Phi) is 4.72. The molecule has 0 saturated heterocycles. The molecule has 0 atom stereocenters. The van der Waals surface area contributed by atoms with Crippen molar-refractivity contribution in [1.82, 2.24) is 15.2 Å². The molecule has 18 heavy (non-hydrogen) atoms. The van der Waals surface area contributed by atoms with Crippen molar-refractivity contribution in [2.24, 2.45) is 0 Å². The second-order valence-corrected chi connectivity index (χ2v) is 5.60. The lowest BCUT2D eigenvalue weighted by atomic mass is 9.80. The lowest BCUT2D eigenvalue weighted by molar-refractivity contribution is 0.0983. The van der Waals surface area contributed by atoms with E-state index in [2.05, 4.69) is 35.4 Å². The number of aromatic nitrogens is 1. The van der Waals surface area contributed by atoms with E-state index in [9.17, 15) is 0 Å². The third-order valence-corrected chi connectivity index (χ3v) is 4.22. The first-order valence-electron chi connectivity index (χ1n) is 7.01. The average Bonchev–Trinajstić information content (AvgIpc) is 2.41. The predicted molar refractivity (Wildman–Crippen MR) is 75.4 cm³/mol. The van der Waals surface area contributed by atoms with E-state index in [0.29, 0.717) is 5.54 Å². The summed E-state index contributed by atoms with van der Waals surface area (Å²) in [5.41, 5.74) is 1.48. The predicted octanol–water partition coefficient (Wildman–Crippen LogP) is 2.44. The quantitative estimate of drug-likeness (QED) is 0.866. The maximum atomic E-state index is 4.35. The van der Waals surface area contributed by atoms with Crippen LogP contribution in [0.3, 0.4) is 0 Å². The van der Waals surface area contributed by atoms with Crippen molar-refractivity contribution in [3.63, 3.8) is 0 Å². The summed E-state index contributed by atoms with van der Waals surface area (Å²) < 4.78 is 0. The summed E-state index contributed by atoms with van der Waals surface area (Å²) >= 11 is 0. The number of rotatable bonds is 5. The van der Waals surface area contributed by atoms with Crippen LogP contribution in [0, 0.1) is 0 Å². The van der Waals surface area contributed by atoms with Crippen molar-refractivity contribution >= 4 is 0 Å². The normalized spacial score (nSPS) is 19.1. The van der Waals surface area contributed by atoms with Gasteiger partial charge in [0.15, 0.2) is 0 Å². The number of pyridine rings is 1. The van der Waals surface area contributed by atoms with Gasteiger partial charge in [-0.05, 0) is 39.1 Å². The Balaban J connectivity index is 1.86. The number of likely N-dealkylation sites (N-methyl/N-ethyl adjacent to an activating group) is 1. The molecule has 1 fully saturated rings. The van der Waals surface area contributed by atoms with Crippen LogP contribution in [0.15, 0.2) is 24.4 Å². The number of nitrogens with zero attached hydrogens (tertiary/aromatic N) is 2. The Morgan fingerprint density at radius 2 is 2.00 bits per heavy atom. The molecule has 1 aliphatic rings. The highest BCUT2D eigenvalue weighted by molar-refractivity contribution is 5.03. The summed E-state index contributed by atoms with van der Waals surface area (Å²) in [5.74, 6) is 0. The van der Waals surface area contributed by atoms with Gasteiger partial charge in [0.05, 0.1) is 5.69 Å². The minimum atomic E-state index is 0.354. The van der Waals surface area contributed by atoms with Crippen molar-refractivity contribution in [2.75, 3.05) is 20.6 Å². The Morgan fingerprint density at radius 1 is 1.22 bits per heavy atom. The van der Waals surface area contributed by atoms with Gasteiger partial charge in [0, 0.05) is 24.8 Å². The van der Waals surface area contributed by atoms with Crippen LogP contribution in [0.2, 0.25) is 0 Å². The molecular formula is C15H25N3. The smallest absolute Gasteiger partial charge is 0.0541 e. The molecule has 1 aromatic rings. The van der Waals surface area contributed by atoms with Crippen molar-refractivity contribution in [1.29, 1.82) is 0 Å². The van der Waals surface area contributed by atoms with Gasteiger partial charge < -0.3 is 10.2 Å². The van der Waals surface area contributed by atoms with Gasteiger partial charge in [-0.15, -0.1) is 0 Å². The van der Waals surface area contributed by atoms with Gasteiger partial charge in [-0.25, -0.2) is 0 Å². The fourth-order valence-electron chi connectivity index (χ4n) is 2.92. The minimum absolute atomic E-state index is 0.354. The van der Waals surface area contributed by atoms with Crippen LogP contribution >= 0.6 is 0 Å². The molecule has 3 nitrogen and oxygen atoms in total. The third kappa shape index (κ3) is 3.30. The van der Waals surface area contributed by atoms with E-state index in [1.165, 1.54) is 32.1 Å². The van der Waals surface area contributed by atoms with Gasteiger partial charge >= 0.3 is 0 Å². The van der Waals surface area contributed by atoms with E-state index in [4.69, 9.17) is 0 Å². The second kappa shape index (κ2) is 6.30. The van der Waals surface area contributed by atoms with E-state index < -0.39 is 0 Å². The number of hydrogen-bond donors (Lipinski definition) is 1. The molecule has 0 bridgehead atoms. The minimum Gasteiger partial charge on any atom is -0.309 e. The molecule has 3 heteroatoms. The molecule has 0 aromatic carbocycles. The van der Waals surface area contributed by atoms with Gasteiger partial charge in [0.2, 0.25) is 0 Å². The van der Waals surface area contributed by atoms with Crippen molar-refractivity contribution < 1.29 is 0 Å². The largest absolute Gasteiger partial charge is 0.309 e. The first kappa shape index (κ1) is 13.5. The van der Waals surface area contributed by atoms with Crippen molar-refractivity contribution in [3.05, 3.63) is 30.1 Å². The average molecular weight is 247 g/mol. The Morgan fingerprint density at radius 3 is 2.61 bits per heavy atom. The van der Waals surface area contributed by atoms with E-state index >= 15 is 0 Å². The zero-order valence-corrected chi connectivity index (χ0v) is 11.7. The first-order chi connectivity index (χ1) is 8.73. The molecular weight excluding hydrogens is 222 g/mol. The summed E-state index contributed by atoms with van der Waals surface area (Å²) in [6, 6.07) is 6.09. The lowest BCUT2D eigenvalue weighted by Gasteiger charge is -2.43. The fraction of sp³-hybridized carbons (Fsp3) is 0.667. The Labute approximate surface area is 111 Å². The summed E-state index contributed by atoms with van der Waals surface area (Å²) in [6.45, 7) is 1.94. The number of hydrogen-bond acceptors (Lipinski definition) is 3. The fourth-order valence-corrected chi connectivity index (χ4v) is 2.92. The van der Waals surface area contributed by atoms with Crippen molar-refractivity contribution in [3.8, 4) is 0 Å². The first-order valence-corrected chi connectivity index (χ1v) is 7.01. The monoisotopic (exact) mass is 247 g/mol. The molecule has 0 amide bonds. The van der Waals surface area contributed by atoms with Gasteiger partial charge in [-0.2, -0.15) is 0 Å². The summed E-state index contributed by atoms with van der Waals surface area (Å²) in [6.07, 6.45) is 8.62. The van der Waals surface area contributed by atoms with Crippen LogP contribution in [0.1, 0.15) is 37.8 Å². The molecule has 1 heterocycles. The molecule has 0 spiro atoms. The van der Waals surface area contributed by atoms with Crippen LogP contribution in [-0.2, 0) is 6.54 Å². The SMILES string of the molecule is CN(C)C1(CNCc2ccccn2)CCCCC1. The van der Waals surface area contributed by atoms with Crippen LogP contribution in [0.25, 0.3) is 0 Å². The molecule has 0 aliphatic heterocycles. The standard InChI is InChI=1S/C15H25N3/c1-18(2)15(9-5-3-6-10-15)13-16-12-14-8-4-7-11-17-14/h4,7-8,11,16H,3,5-6,9-10,12-13H2,1-2H3. The second-order valence-electron chi connectivity index (χ2n) is 5.60. The summed E-state index contributed by atoms with van der Waals surface area (Å²) in [4.78, 5) is 6.77. The van der Waals surface area contributed by atoms with E-state index in [0.717, 1.165) is 18.8 Å². The van der Waals surface area contributed by atoms with Gasteiger partial charge in [-0.3, -0.25) is 4.98 Å². The molecule has 0 unspecified atom stereocenters. The van der Waals surface area contributed by atoms with Crippen LogP contribution in [0.4, 0.5) is 0 Å². The van der Waals surface area contributed by atoms with E-state index in [-0.39, 0.29) is 0 Å². The van der Waals surface area contributed by atoms with E-state index in [1.807, 2.05) is 18.3 Å². The molecule has 1 saturated carbocycles. The highest BCUT2D eigenvalue weighted by Crippen LogP contribution is 2.31. The van der Waals surface area contributed by atoms with Gasteiger partial charge in [0.1, 0.15) is 0 Å². The van der Waals surface area contributed by atoms with Crippen LogP contribution < -0.4 is 5.32 Å². The molecule has 1 aliphatic carbocycles. The maximum Gasteiger partial charge on any atom is 0.0541 e. The zero-order valence-electron chi connectivity index (χ0n) is 11.7. The molecule has 2 rings (SSSR count). The Bertz CT molecular complexity index is 342. The Hall–Kier alpha value is -0.930. The summed E-state index contributed by atoms with van der Waals surface area (Å²) in [5, 5.41) is 3.59. The van der Waals surface area contributed by atoms with Crippen LogP contribution in [-0.4, -0.2) is 36.1 Å². The highest BCUT2D eigenvalue weighted by Gasteiger charge is 2.33. The maximum absolute atomic E-state index is 4.35. The molecule has 0 radical (unpaired) electrons. The highest BCUT2D eigenvalue weighted by atomic mass is 15.2. The van der Waals surface area contributed by atoms with Gasteiger partial charge in [-0.1, -0.05) is 25.3 Å². The molecule has 100 valence electrons. The molecule has 1 N–H and O–H groups in total. The van der Waals surface area contributed by atoms with Crippen LogP contribution in [0.5, 0.6) is 0 Å². The zero-order chi connectivity index (χ0) is 12.8. The number of nitrogens with one attached hydrogen (secondary N) is 1. The topological polar surface area (TPSA) is 28.2 Å². The van der Waals surface area contributed by atoms with E-state index in [1.54, 1.807) is 0 Å². The molecule has 1 aromatic heterocycles. The summed E-state index contributed by atoms with van der Waals surface area (Å²) in [7, 11) is 4.43.